The van der Waals surface area contributed by atoms with Crippen LogP contribution in [0, 0.1) is 17.5 Å². The Bertz CT molecular complexity index is 647. The van der Waals surface area contributed by atoms with E-state index in [-0.39, 0.29) is 12.1 Å². The van der Waals surface area contributed by atoms with Gasteiger partial charge in [0.15, 0.2) is 0 Å². The van der Waals surface area contributed by atoms with Gasteiger partial charge in [0.25, 0.3) is 0 Å². The molecule has 1 aromatic carbocycles. The van der Waals surface area contributed by atoms with E-state index in [4.69, 9.17) is 0 Å². The Balaban J connectivity index is 2.59. The van der Waals surface area contributed by atoms with Crippen LogP contribution in [0.4, 0.5) is 26.3 Å². The van der Waals surface area contributed by atoms with E-state index in [1.165, 1.54) is 0 Å². The first-order chi connectivity index (χ1) is 9.71. The molecule has 1 N–H and O–H groups in total. The van der Waals surface area contributed by atoms with Crippen molar-refractivity contribution in [3.63, 3.8) is 0 Å². The van der Waals surface area contributed by atoms with Gasteiger partial charge in [-0.1, -0.05) is 0 Å². The third-order valence-electron chi connectivity index (χ3n) is 2.77. The van der Waals surface area contributed by atoms with Gasteiger partial charge in [-0.25, -0.2) is 13.2 Å². The van der Waals surface area contributed by atoms with Crippen LogP contribution in [0.15, 0.2) is 30.6 Å². The zero-order valence-corrected chi connectivity index (χ0v) is 10.1. The maximum atomic E-state index is 13.5. The highest BCUT2D eigenvalue weighted by molar-refractivity contribution is 5.36. The number of pyridine rings is 1. The molecule has 0 spiro atoms. The summed E-state index contributed by atoms with van der Waals surface area (Å²) in [6, 6.07) is 1.11. The first kappa shape index (κ1) is 15.3. The minimum atomic E-state index is -4.84. The van der Waals surface area contributed by atoms with E-state index in [1.807, 2.05) is 0 Å². The molecule has 2 aromatic rings. The van der Waals surface area contributed by atoms with E-state index < -0.39 is 46.4 Å². The lowest BCUT2D eigenvalue weighted by Gasteiger charge is -2.18. The molecule has 0 aliphatic heterocycles. The van der Waals surface area contributed by atoms with Crippen LogP contribution < -0.4 is 0 Å². The Morgan fingerprint density at radius 2 is 1.62 bits per heavy atom. The molecule has 1 heterocycles. The number of alkyl halides is 3. The first-order valence-electron chi connectivity index (χ1n) is 5.55. The van der Waals surface area contributed by atoms with Crippen LogP contribution in [-0.2, 0) is 6.18 Å². The fourth-order valence-electron chi connectivity index (χ4n) is 1.85. The van der Waals surface area contributed by atoms with Crippen LogP contribution in [0.2, 0.25) is 0 Å². The highest BCUT2D eigenvalue weighted by atomic mass is 19.4. The van der Waals surface area contributed by atoms with Crippen molar-refractivity contribution < 1.29 is 31.4 Å². The Labute approximate surface area is 114 Å². The lowest BCUT2D eigenvalue weighted by atomic mass is 9.97. The Hall–Kier alpha value is -2.09. The van der Waals surface area contributed by atoms with Gasteiger partial charge in [-0.2, -0.15) is 13.2 Å². The van der Waals surface area contributed by atoms with E-state index >= 15 is 0 Å². The van der Waals surface area contributed by atoms with Crippen LogP contribution in [-0.4, -0.2) is 10.1 Å². The highest BCUT2D eigenvalue weighted by Gasteiger charge is 2.36. The Kier molecular flexibility index (Phi) is 3.91. The number of nitrogens with zero attached hydrogens (tertiary/aromatic N) is 1. The molecule has 8 heteroatoms. The Morgan fingerprint density at radius 1 is 1.05 bits per heavy atom. The standard InChI is InChI=1S/C13H7F6NO/c14-6-3-9(15)11(10(16)4-6)12(21)7-5-20-2-1-8(7)13(17,18)19/h1-5,12,21H. The summed E-state index contributed by atoms with van der Waals surface area (Å²) in [4.78, 5) is 3.40. The molecule has 2 nitrogen and oxygen atoms in total. The molecule has 0 fully saturated rings. The number of benzene rings is 1. The predicted octanol–water partition coefficient (Wildman–Crippen LogP) is 3.60. The molecule has 1 atom stereocenters. The summed E-state index contributed by atoms with van der Waals surface area (Å²) in [6.45, 7) is 0. The molecule has 2 rings (SSSR count). The van der Waals surface area contributed by atoms with Crippen LogP contribution in [0.1, 0.15) is 22.8 Å². The van der Waals surface area contributed by atoms with Gasteiger partial charge >= 0.3 is 6.18 Å². The number of hydrogen-bond acceptors (Lipinski definition) is 2. The second-order valence-corrected chi connectivity index (χ2v) is 4.15. The van der Waals surface area contributed by atoms with E-state index in [0.29, 0.717) is 12.3 Å². The van der Waals surface area contributed by atoms with E-state index in [0.717, 1.165) is 6.20 Å². The maximum Gasteiger partial charge on any atom is 0.416 e. The molecule has 0 amide bonds. The van der Waals surface area contributed by atoms with Gasteiger partial charge in [-0.3, -0.25) is 4.98 Å². The van der Waals surface area contributed by atoms with Crippen LogP contribution in [0.25, 0.3) is 0 Å². The van der Waals surface area contributed by atoms with Crippen LogP contribution in [0.5, 0.6) is 0 Å². The van der Waals surface area contributed by atoms with Crippen molar-refractivity contribution in [1.29, 1.82) is 0 Å². The summed E-state index contributed by atoms with van der Waals surface area (Å²) in [5, 5.41) is 9.85. The normalized spacial score (nSPS) is 13.3. The van der Waals surface area contributed by atoms with Crippen molar-refractivity contribution in [2.45, 2.75) is 12.3 Å². The predicted molar refractivity (Wildman–Crippen MR) is 59.6 cm³/mol. The molecule has 112 valence electrons. The quantitative estimate of drug-likeness (QED) is 0.860. The van der Waals surface area contributed by atoms with Crippen LogP contribution >= 0.6 is 0 Å². The summed E-state index contributed by atoms with van der Waals surface area (Å²) >= 11 is 0. The second-order valence-electron chi connectivity index (χ2n) is 4.15. The molecular formula is C13H7F6NO. The number of aliphatic hydroxyl groups is 1. The lowest BCUT2D eigenvalue weighted by Crippen LogP contribution is -2.15. The van der Waals surface area contributed by atoms with Crippen molar-refractivity contribution in [3.8, 4) is 0 Å². The number of rotatable bonds is 2. The molecule has 21 heavy (non-hydrogen) atoms. The number of hydrogen-bond donors (Lipinski definition) is 1. The largest absolute Gasteiger partial charge is 0.416 e. The van der Waals surface area contributed by atoms with Gasteiger partial charge < -0.3 is 5.11 Å². The third kappa shape index (κ3) is 2.99. The van der Waals surface area contributed by atoms with Gasteiger partial charge in [0.05, 0.1) is 11.1 Å². The maximum absolute atomic E-state index is 13.5. The van der Waals surface area contributed by atoms with Crippen molar-refractivity contribution in [2.75, 3.05) is 0 Å². The van der Waals surface area contributed by atoms with Gasteiger partial charge in [0.1, 0.15) is 23.6 Å². The SMILES string of the molecule is OC(c1cnccc1C(F)(F)F)c1c(F)cc(F)cc1F. The molecule has 0 bridgehead atoms. The van der Waals surface area contributed by atoms with Crippen molar-refractivity contribution in [2.24, 2.45) is 0 Å². The van der Waals surface area contributed by atoms with Crippen LogP contribution in [0.3, 0.4) is 0 Å². The summed E-state index contributed by atoms with van der Waals surface area (Å²) in [7, 11) is 0. The zero-order valence-electron chi connectivity index (χ0n) is 10.1. The molecule has 0 aliphatic carbocycles. The van der Waals surface area contributed by atoms with Crippen molar-refractivity contribution in [1.82, 2.24) is 4.98 Å². The zero-order chi connectivity index (χ0) is 15.8. The number of halogens is 6. The molecular weight excluding hydrogens is 300 g/mol. The van der Waals surface area contributed by atoms with Gasteiger partial charge in [0, 0.05) is 30.1 Å². The second kappa shape index (κ2) is 5.36. The first-order valence-corrected chi connectivity index (χ1v) is 5.55. The molecule has 1 unspecified atom stereocenters. The summed E-state index contributed by atoms with van der Waals surface area (Å²) in [6.07, 6.45) is -5.63. The monoisotopic (exact) mass is 307 g/mol. The molecule has 0 saturated carbocycles. The van der Waals surface area contributed by atoms with Crippen molar-refractivity contribution >= 4 is 0 Å². The fourth-order valence-corrected chi connectivity index (χ4v) is 1.85. The summed E-state index contributed by atoms with van der Waals surface area (Å²) in [5.74, 6) is -4.22. The van der Waals surface area contributed by atoms with E-state index in [2.05, 4.69) is 4.98 Å². The van der Waals surface area contributed by atoms with Crippen molar-refractivity contribution in [3.05, 3.63) is 64.7 Å². The average Bonchev–Trinajstić information content (AvgIpc) is 2.36. The van der Waals surface area contributed by atoms with E-state index in [9.17, 15) is 31.4 Å². The number of aliphatic hydroxyl groups excluding tert-OH is 1. The Morgan fingerprint density at radius 3 is 2.14 bits per heavy atom. The molecule has 1 aromatic heterocycles. The topological polar surface area (TPSA) is 33.1 Å². The van der Waals surface area contributed by atoms with Gasteiger partial charge in [-0.05, 0) is 6.07 Å². The number of aromatic nitrogens is 1. The molecule has 0 saturated heterocycles. The average molecular weight is 307 g/mol. The molecule has 0 radical (unpaired) electrons. The van der Waals surface area contributed by atoms with E-state index in [1.54, 1.807) is 0 Å². The lowest BCUT2D eigenvalue weighted by molar-refractivity contribution is -0.139. The van der Waals surface area contributed by atoms with Gasteiger partial charge in [0.2, 0.25) is 0 Å². The highest BCUT2D eigenvalue weighted by Crippen LogP contribution is 2.37. The minimum Gasteiger partial charge on any atom is -0.383 e. The van der Waals surface area contributed by atoms with Gasteiger partial charge in [-0.15, -0.1) is 0 Å². The smallest absolute Gasteiger partial charge is 0.383 e. The minimum absolute atomic E-state index is 0.269. The summed E-state index contributed by atoms with van der Waals surface area (Å²) < 4.78 is 78.3. The summed E-state index contributed by atoms with van der Waals surface area (Å²) in [5.41, 5.74) is -3.18. The fraction of sp³-hybridized carbons (Fsp3) is 0.154. The molecule has 0 aliphatic rings. The third-order valence-corrected chi connectivity index (χ3v) is 2.77.